The minimum Gasteiger partial charge on any atom is -0.494 e. The third-order valence-electron chi connectivity index (χ3n) is 5.77. The molecule has 0 radical (unpaired) electrons. The van der Waals surface area contributed by atoms with Crippen molar-refractivity contribution in [1.29, 1.82) is 0 Å². The maximum atomic E-state index is 11.6. The Balaban J connectivity index is 1.50. The topological polar surface area (TPSA) is 82.6 Å². The molecule has 1 aromatic heterocycles. The SMILES string of the molecule is COc1cc(N2CCN(C(C)=O)CC2)ccc1Nc1ncc(C)c(Nc2cccc(C)c2)n1. The van der Waals surface area contributed by atoms with Crippen molar-refractivity contribution in [3.05, 3.63) is 59.8 Å². The lowest BCUT2D eigenvalue weighted by Gasteiger charge is -2.35. The molecular formula is C25H30N6O2. The van der Waals surface area contributed by atoms with Crippen LogP contribution in [-0.4, -0.2) is 54.1 Å². The van der Waals surface area contributed by atoms with E-state index in [4.69, 9.17) is 4.74 Å². The minimum atomic E-state index is 0.126. The summed E-state index contributed by atoms with van der Waals surface area (Å²) in [5.41, 5.74) is 4.96. The summed E-state index contributed by atoms with van der Waals surface area (Å²) >= 11 is 0. The van der Waals surface area contributed by atoms with E-state index in [9.17, 15) is 4.79 Å². The number of carbonyl (C=O) groups is 1. The quantitative estimate of drug-likeness (QED) is 0.585. The van der Waals surface area contributed by atoms with Crippen LogP contribution in [0.2, 0.25) is 0 Å². The van der Waals surface area contributed by atoms with Gasteiger partial charge in [0.1, 0.15) is 11.6 Å². The molecule has 8 nitrogen and oxygen atoms in total. The van der Waals surface area contributed by atoms with Gasteiger partial charge in [0.05, 0.1) is 12.8 Å². The number of hydrogen-bond acceptors (Lipinski definition) is 7. The van der Waals surface area contributed by atoms with Crippen LogP contribution in [0.4, 0.5) is 28.8 Å². The van der Waals surface area contributed by atoms with Gasteiger partial charge >= 0.3 is 0 Å². The number of aryl methyl sites for hydroxylation is 2. The summed E-state index contributed by atoms with van der Waals surface area (Å²) in [6.07, 6.45) is 1.79. The lowest BCUT2D eigenvalue weighted by Crippen LogP contribution is -2.48. The predicted octanol–water partition coefficient (Wildman–Crippen LogP) is 4.26. The highest BCUT2D eigenvalue weighted by atomic mass is 16.5. The summed E-state index contributed by atoms with van der Waals surface area (Å²) in [6, 6.07) is 14.2. The van der Waals surface area contributed by atoms with Crippen molar-refractivity contribution in [3.8, 4) is 5.75 Å². The Kier molecular flexibility index (Phi) is 6.63. The van der Waals surface area contributed by atoms with Crippen LogP contribution in [0.25, 0.3) is 0 Å². The zero-order chi connectivity index (χ0) is 23.4. The molecule has 8 heteroatoms. The Labute approximate surface area is 194 Å². The van der Waals surface area contributed by atoms with Crippen LogP contribution in [0.15, 0.2) is 48.7 Å². The van der Waals surface area contributed by atoms with Crippen molar-refractivity contribution in [3.63, 3.8) is 0 Å². The van der Waals surface area contributed by atoms with E-state index in [0.29, 0.717) is 11.7 Å². The molecule has 0 atom stereocenters. The Bertz CT molecular complexity index is 1140. The predicted molar refractivity (Wildman–Crippen MR) is 132 cm³/mol. The average molecular weight is 447 g/mol. The first-order valence-corrected chi connectivity index (χ1v) is 11.1. The maximum Gasteiger partial charge on any atom is 0.229 e. The number of rotatable bonds is 6. The molecule has 2 heterocycles. The summed E-state index contributed by atoms with van der Waals surface area (Å²) < 4.78 is 5.65. The second-order valence-electron chi connectivity index (χ2n) is 8.22. The van der Waals surface area contributed by atoms with Crippen LogP contribution in [0.3, 0.4) is 0 Å². The Morgan fingerprint density at radius 2 is 1.82 bits per heavy atom. The van der Waals surface area contributed by atoms with Crippen LogP contribution in [0.1, 0.15) is 18.1 Å². The number of amides is 1. The highest BCUT2D eigenvalue weighted by Crippen LogP contribution is 2.32. The van der Waals surface area contributed by atoms with E-state index >= 15 is 0 Å². The minimum absolute atomic E-state index is 0.126. The molecule has 0 bridgehead atoms. The summed E-state index contributed by atoms with van der Waals surface area (Å²) in [7, 11) is 1.65. The molecule has 2 N–H and O–H groups in total. The summed E-state index contributed by atoms with van der Waals surface area (Å²) in [4.78, 5) is 24.8. The molecule has 1 saturated heterocycles. The van der Waals surface area contributed by atoms with Gasteiger partial charge in [0, 0.05) is 62.3 Å². The van der Waals surface area contributed by atoms with E-state index in [-0.39, 0.29) is 5.91 Å². The van der Waals surface area contributed by atoms with Gasteiger partial charge in [0.15, 0.2) is 0 Å². The van der Waals surface area contributed by atoms with Gasteiger partial charge in [-0.1, -0.05) is 12.1 Å². The van der Waals surface area contributed by atoms with Gasteiger partial charge in [-0.25, -0.2) is 4.98 Å². The number of benzene rings is 2. The fraction of sp³-hybridized carbons (Fsp3) is 0.320. The van der Waals surface area contributed by atoms with E-state index in [0.717, 1.165) is 54.6 Å². The second kappa shape index (κ2) is 9.77. The largest absolute Gasteiger partial charge is 0.494 e. The van der Waals surface area contributed by atoms with Crippen molar-refractivity contribution in [2.24, 2.45) is 0 Å². The Morgan fingerprint density at radius 3 is 2.52 bits per heavy atom. The maximum absolute atomic E-state index is 11.6. The molecule has 4 rings (SSSR count). The number of anilines is 5. The van der Waals surface area contributed by atoms with Gasteiger partial charge in [-0.3, -0.25) is 4.79 Å². The molecule has 2 aromatic carbocycles. The highest BCUT2D eigenvalue weighted by molar-refractivity contribution is 5.74. The van der Waals surface area contributed by atoms with Crippen LogP contribution >= 0.6 is 0 Å². The number of carbonyl (C=O) groups excluding carboxylic acids is 1. The summed E-state index contributed by atoms with van der Waals surface area (Å²) in [5, 5.41) is 6.66. The summed E-state index contributed by atoms with van der Waals surface area (Å²) in [6.45, 7) is 8.70. The van der Waals surface area contributed by atoms with Gasteiger partial charge in [-0.2, -0.15) is 4.98 Å². The lowest BCUT2D eigenvalue weighted by molar-refractivity contribution is -0.129. The van der Waals surface area contributed by atoms with Gasteiger partial charge in [0.25, 0.3) is 0 Å². The van der Waals surface area contributed by atoms with Gasteiger partial charge in [-0.15, -0.1) is 0 Å². The molecule has 1 aliphatic rings. The Morgan fingerprint density at radius 1 is 1.03 bits per heavy atom. The molecule has 0 saturated carbocycles. The number of methoxy groups -OCH3 is 1. The smallest absolute Gasteiger partial charge is 0.229 e. The molecule has 33 heavy (non-hydrogen) atoms. The molecule has 0 aliphatic carbocycles. The third-order valence-corrected chi connectivity index (χ3v) is 5.77. The van der Waals surface area contributed by atoms with Gasteiger partial charge in [-0.05, 0) is 43.7 Å². The number of nitrogens with zero attached hydrogens (tertiary/aromatic N) is 4. The molecular weight excluding hydrogens is 416 g/mol. The molecule has 3 aromatic rings. The number of ether oxygens (including phenoxy) is 1. The van der Waals surface area contributed by atoms with E-state index in [1.54, 1.807) is 20.2 Å². The first-order valence-electron chi connectivity index (χ1n) is 11.1. The standard InChI is InChI=1S/C25H30N6O2/c1-17-6-5-7-20(14-17)27-24-18(2)16-26-25(29-24)28-22-9-8-21(15-23(22)33-4)31-12-10-30(11-13-31)19(3)32/h5-9,14-16H,10-13H2,1-4H3,(H2,26,27,28,29). The van der Waals surface area contributed by atoms with Gasteiger partial charge in [0.2, 0.25) is 11.9 Å². The van der Waals surface area contributed by atoms with Gasteiger partial charge < -0.3 is 25.2 Å². The fourth-order valence-electron chi connectivity index (χ4n) is 3.87. The normalized spacial score (nSPS) is 13.6. The Hall–Kier alpha value is -3.81. The van der Waals surface area contributed by atoms with E-state index in [1.807, 2.05) is 42.2 Å². The second-order valence-corrected chi connectivity index (χ2v) is 8.22. The van der Waals surface area contributed by atoms with Crippen molar-refractivity contribution in [1.82, 2.24) is 14.9 Å². The molecule has 0 unspecified atom stereocenters. The van der Waals surface area contributed by atoms with Crippen molar-refractivity contribution in [2.75, 3.05) is 48.8 Å². The third kappa shape index (κ3) is 5.34. The lowest BCUT2D eigenvalue weighted by atomic mass is 10.2. The number of piperazine rings is 1. The van der Waals surface area contributed by atoms with Crippen molar-refractivity contribution >= 4 is 34.7 Å². The molecule has 172 valence electrons. The van der Waals surface area contributed by atoms with Crippen LogP contribution in [0, 0.1) is 13.8 Å². The van der Waals surface area contributed by atoms with Crippen LogP contribution in [-0.2, 0) is 4.79 Å². The monoisotopic (exact) mass is 446 g/mol. The first kappa shape index (κ1) is 22.4. The van der Waals surface area contributed by atoms with Crippen LogP contribution < -0.4 is 20.3 Å². The van der Waals surface area contributed by atoms with Crippen molar-refractivity contribution in [2.45, 2.75) is 20.8 Å². The molecule has 1 amide bonds. The first-order chi connectivity index (χ1) is 15.9. The van der Waals surface area contributed by atoms with E-state index in [1.165, 1.54) is 5.56 Å². The van der Waals surface area contributed by atoms with Crippen molar-refractivity contribution < 1.29 is 9.53 Å². The highest BCUT2D eigenvalue weighted by Gasteiger charge is 2.20. The van der Waals surface area contributed by atoms with E-state index < -0.39 is 0 Å². The molecule has 1 aliphatic heterocycles. The van der Waals surface area contributed by atoms with E-state index in [2.05, 4.69) is 44.6 Å². The number of aromatic nitrogens is 2. The zero-order valence-electron chi connectivity index (χ0n) is 19.6. The fourth-order valence-corrected chi connectivity index (χ4v) is 3.87. The average Bonchev–Trinajstić information content (AvgIpc) is 2.81. The molecule has 0 spiro atoms. The van der Waals surface area contributed by atoms with Crippen LogP contribution in [0.5, 0.6) is 5.75 Å². The number of nitrogens with one attached hydrogen (secondary N) is 2. The zero-order valence-corrected chi connectivity index (χ0v) is 19.6. The molecule has 1 fully saturated rings. The summed E-state index contributed by atoms with van der Waals surface area (Å²) in [5.74, 6) is 2.06. The number of hydrogen-bond donors (Lipinski definition) is 2.